The molecule has 15 heavy (non-hydrogen) atoms. The molecule has 0 aliphatic carbocycles. The van der Waals surface area contributed by atoms with Crippen molar-refractivity contribution in [3.63, 3.8) is 0 Å². The van der Waals surface area contributed by atoms with Crippen LogP contribution >= 0.6 is 0 Å². The summed E-state index contributed by atoms with van der Waals surface area (Å²) >= 11 is 0. The molecule has 0 saturated heterocycles. The fourth-order valence-corrected chi connectivity index (χ4v) is 1.31. The molecular formula is C10H9N3O2. The van der Waals surface area contributed by atoms with Gasteiger partial charge in [0.05, 0.1) is 24.5 Å². The van der Waals surface area contributed by atoms with Gasteiger partial charge in [-0.2, -0.15) is 15.0 Å². The normalized spacial score (nSPS) is 10.1. The molecule has 1 aromatic carbocycles. The van der Waals surface area contributed by atoms with Crippen LogP contribution in [-0.4, -0.2) is 26.1 Å². The van der Waals surface area contributed by atoms with Crippen LogP contribution < -0.4 is 0 Å². The van der Waals surface area contributed by atoms with E-state index in [1.54, 1.807) is 30.6 Å². The van der Waals surface area contributed by atoms with Crippen LogP contribution in [0.4, 0.5) is 0 Å². The van der Waals surface area contributed by atoms with Gasteiger partial charge < -0.3 is 5.11 Å². The van der Waals surface area contributed by atoms with Crippen molar-refractivity contribution in [3.05, 3.63) is 42.2 Å². The average Bonchev–Trinajstić information content (AvgIpc) is 2.69. The van der Waals surface area contributed by atoms with E-state index in [1.165, 1.54) is 4.80 Å². The molecule has 0 saturated carbocycles. The molecule has 1 N–H and O–H groups in total. The number of hydrogen-bond acceptors (Lipinski definition) is 3. The van der Waals surface area contributed by atoms with Gasteiger partial charge in [0.25, 0.3) is 0 Å². The van der Waals surface area contributed by atoms with Gasteiger partial charge in [-0.25, -0.2) is 0 Å². The van der Waals surface area contributed by atoms with Gasteiger partial charge in [0.2, 0.25) is 0 Å². The molecule has 1 heterocycles. The zero-order chi connectivity index (χ0) is 10.7. The molecule has 0 fully saturated rings. The fraction of sp³-hybridized carbons (Fsp3) is 0.100. The quantitative estimate of drug-likeness (QED) is 0.804. The predicted octanol–water partition coefficient (Wildman–Crippen LogP) is 0.894. The van der Waals surface area contributed by atoms with Crippen molar-refractivity contribution < 1.29 is 9.90 Å². The van der Waals surface area contributed by atoms with E-state index in [2.05, 4.69) is 10.2 Å². The van der Waals surface area contributed by atoms with E-state index in [-0.39, 0.29) is 6.42 Å². The predicted molar refractivity (Wildman–Crippen MR) is 52.7 cm³/mol. The lowest BCUT2D eigenvalue weighted by molar-refractivity contribution is -0.136. The highest BCUT2D eigenvalue weighted by Crippen LogP contribution is 2.08. The highest BCUT2D eigenvalue weighted by Gasteiger charge is 2.02. The molecule has 0 atom stereocenters. The van der Waals surface area contributed by atoms with Crippen molar-refractivity contribution in [1.29, 1.82) is 0 Å². The number of aromatic nitrogens is 3. The maximum Gasteiger partial charge on any atom is 0.307 e. The monoisotopic (exact) mass is 203 g/mol. The van der Waals surface area contributed by atoms with Gasteiger partial charge in [0, 0.05) is 0 Å². The number of carboxylic acid groups (broad SMARTS) is 1. The molecule has 0 unspecified atom stereocenters. The molecule has 0 bridgehead atoms. The summed E-state index contributed by atoms with van der Waals surface area (Å²) in [6, 6.07) is 7.14. The number of benzene rings is 1. The van der Waals surface area contributed by atoms with E-state index < -0.39 is 5.97 Å². The van der Waals surface area contributed by atoms with Crippen LogP contribution in [0.2, 0.25) is 0 Å². The first-order valence-electron chi connectivity index (χ1n) is 4.43. The summed E-state index contributed by atoms with van der Waals surface area (Å²) in [7, 11) is 0. The number of carboxylic acids is 1. The molecule has 0 aliphatic heterocycles. The second-order valence-corrected chi connectivity index (χ2v) is 3.06. The SMILES string of the molecule is O=C(O)Cc1cccc(-n2nccn2)c1. The number of carbonyl (C=O) groups is 1. The lowest BCUT2D eigenvalue weighted by Gasteiger charge is -2.01. The molecule has 5 nitrogen and oxygen atoms in total. The van der Waals surface area contributed by atoms with Gasteiger partial charge >= 0.3 is 5.97 Å². The first-order chi connectivity index (χ1) is 7.25. The smallest absolute Gasteiger partial charge is 0.307 e. The minimum atomic E-state index is -0.847. The lowest BCUT2D eigenvalue weighted by atomic mass is 10.1. The number of aliphatic carboxylic acids is 1. The molecule has 0 aliphatic rings. The number of nitrogens with zero attached hydrogens (tertiary/aromatic N) is 3. The third-order valence-electron chi connectivity index (χ3n) is 1.92. The Kier molecular flexibility index (Phi) is 2.45. The summed E-state index contributed by atoms with van der Waals surface area (Å²) in [5, 5.41) is 16.6. The molecule has 0 radical (unpaired) electrons. The summed E-state index contributed by atoms with van der Waals surface area (Å²) in [6.07, 6.45) is 3.16. The zero-order valence-electron chi connectivity index (χ0n) is 7.87. The van der Waals surface area contributed by atoms with Crippen molar-refractivity contribution >= 4 is 5.97 Å². The van der Waals surface area contributed by atoms with Gasteiger partial charge in [-0.3, -0.25) is 4.79 Å². The Balaban J connectivity index is 2.31. The zero-order valence-corrected chi connectivity index (χ0v) is 7.87. The van der Waals surface area contributed by atoms with E-state index in [1.807, 2.05) is 6.07 Å². The highest BCUT2D eigenvalue weighted by atomic mass is 16.4. The third kappa shape index (κ3) is 2.19. The lowest BCUT2D eigenvalue weighted by Crippen LogP contribution is -2.03. The van der Waals surface area contributed by atoms with Crippen LogP contribution in [0.1, 0.15) is 5.56 Å². The van der Waals surface area contributed by atoms with Crippen LogP contribution in [0.5, 0.6) is 0 Å². The minimum Gasteiger partial charge on any atom is -0.481 e. The molecule has 2 aromatic rings. The Bertz CT molecular complexity index is 465. The Labute approximate surface area is 86.0 Å². The van der Waals surface area contributed by atoms with Gasteiger partial charge in [-0.15, -0.1) is 0 Å². The summed E-state index contributed by atoms with van der Waals surface area (Å²) < 4.78 is 0. The highest BCUT2D eigenvalue weighted by molar-refractivity contribution is 5.70. The Morgan fingerprint density at radius 1 is 1.33 bits per heavy atom. The van der Waals surface area contributed by atoms with Gasteiger partial charge in [-0.1, -0.05) is 12.1 Å². The summed E-state index contributed by atoms with van der Waals surface area (Å²) in [4.78, 5) is 12.0. The molecule has 0 amide bonds. The van der Waals surface area contributed by atoms with E-state index in [9.17, 15) is 4.79 Å². The van der Waals surface area contributed by atoms with Gasteiger partial charge in [-0.05, 0) is 17.7 Å². The largest absolute Gasteiger partial charge is 0.481 e. The second kappa shape index (κ2) is 3.91. The Morgan fingerprint density at radius 2 is 2.07 bits per heavy atom. The average molecular weight is 203 g/mol. The maximum atomic E-state index is 10.5. The second-order valence-electron chi connectivity index (χ2n) is 3.06. The summed E-state index contributed by atoms with van der Waals surface area (Å²) in [5.74, 6) is -0.847. The first-order valence-corrected chi connectivity index (χ1v) is 4.43. The molecule has 5 heteroatoms. The maximum absolute atomic E-state index is 10.5. The minimum absolute atomic E-state index is 0.00904. The van der Waals surface area contributed by atoms with E-state index >= 15 is 0 Å². The van der Waals surface area contributed by atoms with Crippen molar-refractivity contribution in [2.45, 2.75) is 6.42 Å². The molecule has 1 aromatic heterocycles. The molecule has 76 valence electrons. The summed E-state index contributed by atoms with van der Waals surface area (Å²) in [5.41, 5.74) is 1.50. The fourth-order valence-electron chi connectivity index (χ4n) is 1.31. The van der Waals surface area contributed by atoms with Crippen molar-refractivity contribution in [2.75, 3.05) is 0 Å². The van der Waals surface area contributed by atoms with Crippen molar-refractivity contribution in [2.24, 2.45) is 0 Å². The van der Waals surface area contributed by atoms with Gasteiger partial charge in [0.15, 0.2) is 0 Å². The Hall–Kier alpha value is -2.17. The topological polar surface area (TPSA) is 68.0 Å². The third-order valence-corrected chi connectivity index (χ3v) is 1.92. The van der Waals surface area contributed by atoms with E-state index in [0.29, 0.717) is 0 Å². The Morgan fingerprint density at radius 3 is 2.73 bits per heavy atom. The molecule has 0 spiro atoms. The standard InChI is InChI=1S/C10H9N3O2/c14-10(15)7-8-2-1-3-9(6-8)13-11-4-5-12-13/h1-6H,7H2,(H,14,15). The number of rotatable bonds is 3. The van der Waals surface area contributed by atoms with Crippen molar-refractivity contribution in [1.82, 2.24) is 15.0 Å². The van der Waals surface area contributed by atoms with E-state index in [4.69, 9.17) is 5.11 Å². The van der Waals surface area contributed by atoms with Crippen molar-refractivity contribution in [3.8, 4) is 5.69 Å². The van der Waals surface area contributed by atoms with Crippen LogP contribution in [-0.2, 0) is 11.2 Å². The number of hydrogen-bond donors (Lipinski definition) is 1. The summed E-state index contributed by atoms with van der Waals surface area (Å²) in [6.45, 7) is 0. The van der Waals surface area contributed by atoms with Crippen LogP contribution in [0.25, 0.3) is 5.69 Å². The van der Waals surface area contributed by atoms with Gasteiger partial charge in [0.1, 0.15) is 0 Å². The van der Waals surface area contributed by atoms with Crippen LogP contribution in [0.15, 0.2) is 36.7 Å². The molecule has 2 rings (SSSR count). The van der Waals surface area contributed by atoms with E-state index in [0.717, 1.165) is 11.3 Å². The molecular weight excluding hydrogens is 194 g/mol. The van der Waals surface area contributed by atoms with Crippen LogP contribution in [0.3, 0.4) is 0 Å². The first kappa shape index (κ1) is 9.39. The van der Waals surface area contributed by atoms with Crippen LogP contribution in [0, 0.1) is 0 Å².